The predicted octanol–water partition coefficient (Wildman–Crippen LogP) is 4.36. The van der Waals surface area contributed by atoms with E-state index in [9.17, 15) is 14.4 Å². The first kappa shape index (κ1) is 25.5. The zero-order chi connectivity index (χ0) is 22.2. The number of carboxylic acid groups (broad SMARTS) is 1. The van der Waals surface area contributed by atoms with Gasteiger partial charge in [0.1, 0.15) is 12.6 Å². The Morgan fingerprint density at radius 2 is 1.60 bits per heavy atom. The van der Waals surface area contributed by atoms with Crippen LogP contribution in [0.3, 0.4) is 0 Å². The van der Waals surface area contributed by atoms with E-state index in [0.29, 0.717) is 13.1 Å². The Morgan fingerprint density at radius 3 is 2.13 bits per heavy atom. The summed E-state index contributed by atoms with van der Waals surface area (Å²) in [6.45, 7) is 5.51. The summed E-state index contributed by atoms with van der Waals surface area (Å²) in [5.41, 5.74) is 0.835. The van der Waals surface area contributed by atoms with E-state index in [2.05, 4.69) is 19.2 Å². The second-order valence-electron chi connectivity index (χ2n) is 7.43. The molecule has 0 heterocycles. The average Bonchev–Trinajstić information content (AvgIpc) is 2.74. The molecule has 0 radical (unpaired) electrons. The highest BCUT2D eigenvalue weighted by Crippen LogP contribution is 2.09. The Kier molecular flexibility index (Phi) is 13.0. The standard InChI is InChI=1S/C23H36N2O5/c1-3-5-10-16-25(17-11-6-4-2)22(28)20(14-15-21(26)27)24-23(29)30-18-19-12-8-7-9-13-19/h7-9,12-13,20H,3-6,10-11,14-18H2,1-2H3,(H,24,29)(H,26,27). The molecule has 30 heavy (non-hydrogen) atoms. The van der Waals surface area contributed by atoms with Crippen LogP contribution in [0.2, 0.25) is 0 Å². The van der Waals surface area contributed by atoms with Crippen LogP contribution in [0, 0.1) is 0 Å². The molecule has 0 bridgehead atoms. The summed E-state index contributed by atoms with van der Waals surface area (Å²) in [4.78, 5) is 38.2. The van der Waals surface area contributed by atoms with E-state index in [-0.39, 0.29) is 25.4 Å². The molecule has 0 aliphatic heterocycles. The zero-order valence-corrected chi connectivity index (χ0v) is 18.3. The van der Waals surface area contributed by atoms with Gasteiger partial charge in [-0.1, -0.05) is 69.9 Å². The molecular formula is C23H36N2O5. The molecule has 0 aromatic heterocycles. The van der Waals surface area contributed by atoms with Gasteiger partial charge in [0.05, 0.1) is 0 Å². The monoisotopic (exact) mass is 420 g/mol. The van der Waals surface area contributed by atoms with Gasteiger partial charge in [0.15, 0.2) is 0 Å². The molecule has 7 heteroatoms. The number of amides is 2. The van der Waals surface area contributed by atoms with Crippen molar-refractivity contribution in [1.82, 2.24) is 10.2 Å². The lowest BCUT2D eigenvalue weighted by molar-refractivity contribution is -0.138. The highest BCUT2D eigenvalue weighted by atomic mass is 16.5. The van der Waals surface area contributed by atoms with Crippen molar-refractivity contribution in [2.24, 2.45) is 0 Å². The maximum Gasteiger partial charge on any atom is 0.408 e. The molecule has 2 N–H and O–H groups in total. The maximum absolute atomic E-state index is 13.1. The molecule has 0 saturated carbocycles. The summed E-state index contributed by atoms with van der Waals surface area (Å²) in [7, 11) is 0. The maximum atomic E-state index is 13.1. The molecule has 0 fully saturated rings. The fraction of sp³-hybridized carbons (Fsp3) is 0.609. The number of rotatable bonds is 15. The Balaban J connectivity index is 2.75. The Bertz CT molecular complexity index is 626. The highest BCUT2D eigenvalue weighted by molar-refractivity contribution is 5.86. The van der Waals surface area contributed by atoms with Crippen molar-refractivity contribution in [2.75, 3.05) is 13.1 Å². The first-order valence-electron chi connectivity index (χ1n) is 11.0. The Labute approximate surface area is 179 Å². The molecule has 168 valence electrons. The van der Waals surface area contributed by atoms with E-state index in [0.717, 1.165) is 44.1 Å². The average molecular weight is 421 g/mol. The van der Waals surface area contributed by atoms with Gasteiger partial charge in [-0.3, -0.25) is 9.59 Å². The number of carbonyl (C=O) groups excluding carboxylic acids is 2. The predicted molar refractivity (Wildman–Crippen MR) is 116 cm³/mol. The van der Waals surface area contributed by atoms with Crippen LogP contribution in [0.5, 0.6) is 0 Å². The van der Waals surface area contributed by atoms with Crippen molar-refractivity contribution in [1.29, 1.82) is 0 Å². The number of alkyl carbamates (subject to hydrolysis) is 1. The summed E-state index contributed by atoms with van der Waals surface area (Å²) in [6.07, 6.45) is 5.02. The second-order valence-corrected chi connectivity index (χ2v) is 7.43. The Morgan fingerprint density at radius 1 is 1.00 bits per heavy atom. The molecule has 1 aromatic rings. The van der Waals surface area contributed by atoms with Gasteiger partial charge in [-0.2, -0.15) is 0 Å². The molecular weight excluding hydrogens is 384 g/mol. The molecule has 1 unspecified atom stereocenters. The van der Waals surface area contributed by atoms with E-state index in [4.69, 9.17) is 9.84 Å². The molecule has 0 spiro atoms. The largest absolute Gasteiger partial charge is 0.481 e. The molecule has 0 aliphatic carbocycles. The van der Waals surface area contributed by atoms with E-state index in [1.807, 2.05) is 30.3 Å². The van der Waals surface area contributed by atoms with Gasteiger partial charge in [-0.05, 0) is 24.8 Å². The minimum absolute atomic E-state index is 0.0344. The lowest BCUT2D eigenvalue weighted by Crippen LogP contribution is -2.49. The number of benzene rings is 1. The fourth-order valence-corrected chi connectivity index (χ4v) is 3.09. The molecule has 7 nitrogen and oxygen atoms in total. The highest BCUT2D eigenvalue weighted by Gasteiger charge is 2.26. The van der Waals surface area contributed by atoms with Gasteiger partial charge in [-0.15, -0.1) is 0 Å². The number of carbonyl (C=O) groups is 3. The second kappa shape index (κ2) is 15.3. The van der Waals surface area contributed by atoms with Gasteiger partial charge in [0.2, 0.25) is 5.91 Å². The van der Waals surface area contributed by atoms with Crippen LogP contribution in [-0.2, 0) is 20.9 Å². The number of ether oxygens (including phenoxy) is 1. The lowest BCUT2D eigenvalue weighted by Gasteiger charge is -2.28. The van der Waals surface area contributed by atoms with Crippen LogP contribution in [-0.4, -0.2) is 47.1 Å². The van der Waals surface area contributed by atoms with Crippen molar-refractivity contribution >= 4 is 18.0 Å². The van der Waals surface area contributed by atoms with Crippen LogP contribution >= 0.6 is 0 Å². The van der Waals surface area contributed by atoms with Crippen molar-refractivity contribution in [3.63, 3.8) is 0 Å². The summed E-state index contributed by atoms with van der Waals surface area (Å²) in [6, 6.07) is 8.33. The summed E-state index contributed by atoms with van der Waals surface area (Å²) in [5, 5.41) is 11.6. The smallest absolute Gasteiger partial charge is 0.408 e. The van der Waals surface area contributed by atoms with Gasteiger partial charge < -0.3 is 20.1 Å². The van der Waals surface area contributed by atoms with Crippen molar-refractivity contribution < 1.29 is 24.2 Å². The topological polar surface area (TPSA) is 95.9 Å². The third kappa shape index (κ3) is 10.8. The van der Waals surface area contributed by atoms with Gasteiger partial charge >= 0.3 is 12.1 Å². The minimum Gasteiger partial charge on any atom is -0.481 e. The summed E-state index contributed by atoms with van der Waals surface area (Å²) >= 11 is 0. The van der Waals surface area contributed by atoms with E-state index < -0.39 is 18.1 Å². The number of nitrogens with zero attached hydrogens (tertiary/aromatic N) is 1. The van der Waals surface area contributed by atoms with Crippen LogP contribution < -0.4 is 5.32 Å². The first-order valence-corrected chi connectivity index (χ1v) is 11.0. The first-order chi connectivity index (χ1) is 14.5. The lowest BCUT2D eigenvalue weighted by atomic mass is 10.1. The van der Waals surface area contributed by atoms with E-state index in [1.54, 1.807) is 4.90 Å². The summed E-state index contributed by atoms with van der Waals surface area (Å²) in [5.74, 6) is -1.24. The number of hydrogen-bond donors (Lipinski definition) is 2. The number of nitrogens with one attached hydrogen (secondary N) is 1. The number of unbranched alkanes of at least 4 members (excludes halogenated alkanes) is 4. The number of carboxylic acids is 1. The molecule has 2 amide bonds. The molecule has 0 aliphatic rings. The van der Waals surface area contributed by atoms with E-state index >= 15 is 0 Å². The van der Waals surface area contributed by atoms with Crippen molar-refractivity contribution in [2.45, 2.75) is 77.9 Å². The third-order valence-electron chi connectivity index (χ3n) is 4.82. The van der Waals surface area contributed by atoms with Gasteiger partial charge in [0, 0.05) is 19.5 Å². The fourth-order valence-electron chi connectivity index (χ4n) is 3.09. The quantitative estimate of drug-likeness (QED) is 0.411. The molecule has 1 atom stereocenters. The van der Waals surface area contributed by atoms with Crippen LogP contribution in [0.15, 0.2) is 30.3 Å². The number of hydrogen-bond acceptors (Lipinski definition) is 4. The van der Waals surface area contributed by atoms with Gasteiger partial charge in [-0.25, -0.2) is 4.79 Å². The van der Waals surface area contributed by atoms with Crippen LogP contribution in [0.4, 0.5) is 4.79 Å². The third-order valence-corrected chi connectivity index (χ3v) is 4.82. The molecule has 1 aromatic carbocycles. The normalized spacial score (nSPS) is 11.5. The number of aliphatic carboxylic acids is 1. The Hall–Kier alpha value is -2.57. The van der Waals surface area contributed by atoms with E-state index in [1.165, 1.54) is 0 Å². The SMILES string of the molecule is CCCCCN(CCCCC)C(=O)C(CCC(=O)O)NC(=O)OCc1ccccc1. The zero-order valence-electron chi connectivity index (χ0n) is 18.3. The van der Waals surface area contributed by atoms with Crippen molar-refractivity contribution in [3.05, 3.63) is 35.9 Å². The van der Waals surface area contributed by atoms with Crippen molar-refractivity contribution in [3.8, 4) is 0 Å². The van der Waals surface area contributed by atoms with Crippen LogP contribution in [0.1, 0.15) is 70.8 Å². The minimum atomic E-state index is -1.00. The molecule has 0 saturated heterocycles. The van der Waals surface area contributed by atoms with Gasteiger partial charge in [0.25, 0.3) is 0 Å². The molecule has 1 rings (SSSR count). The van der Waals surface area contributed by atoms with Crippen LogP contribution in [0.25, 0.3) is 0 Å². The summed E-state index contributed by atoms with van der Waals surface area (Å²) < 4.78 is 5.22.